The summed E-state index contributed by atoms with van der Waals surface area (Å²) in [5.74, 6) is -4.52. The first-order valence-electron chi connectivity index (χ1n) is 12.3. The molecule has 5 rings (SSSR count). The second-order valence-corrected chi connectivity index (χ2v) is 13.4. The Labute approximate surface area is 208 Å². The number of pyridine rings is 1. The van der Waals surface area contributed by atoms with Crippen molar-refractivity contribution in [3.05, 3.63) is 53.2 Å². The lowest BCUT2D eigenvalue weighted by Gasteiger charge is -2.34. The molecule has 2 atom stereocenters. The van der Waals surface area contributed by atoms with Crippen LogP contribution in [0.2, 0.25) is 0 Å². The van der Waals surface area contributed by atoms with Gasteiger partial charge in [-0.15, -0.1) is 0 Å². The summed E-state index contributed by atoms with van der Waals surface area (Å²) in [6.07, 6.45) is 5.60. The minimum atomic E-state index is -3.75. The lowest BCUT2D eigenvalue weighted by atomic mass is 9.86. The summed E-state index contributed by atoms with van der Waals surface area (Å²) in [7, 11) is -2.56. The summed E-state index contributed by atoms with van der Waals surface area (Å²) in [5, 5.41) is 14.3. The molecule has 2 fully saturated rings. The molecule has 1 saturated carbocycles. The maximum Gasteiger partial charge on any atom is 0.304 e. The fourth-order valence-electron chi connectivity index (χ4n) is 5.13. The third-order valence-corrected chi connectivity index (χ3v) is 10.7. The molecular weight excluding hydrogens is 488 g/mol. The Kier molecular flexibility index (Phi) is 6.15. The Morgan fingerprint density at radius 2 is 1.89 bits per heavy atom. The van der Waals surface area contributed by atoms with Crippen molar-refractivity contribution < 1.29 is 22.8 Å². The van der Waals surface area contributed by atoms with Crippen molar-refractivity contribution in [3.63, 3.8) is 0 Å². The average Bonchev–Trinajstić information content (AvgIpc) is 3.60. The van der Waals surface area contributed by atoms with Crippen LogP contribution in [-0.4, -0.2) is 38.0 Å². The fraction of sp³-hybridized carbons (Fsp3) is 0.500. The van der Waals surface area contributed by atoms with E-state index in [0.29, 0.717) is 53.1 Å². The minimum absolute atomic E-state index is 0.0288. The Morgan fingerprint density at radius 3 is 2.56 bits per heavy atom. The molecule has 0 spiro atoms. The average molecular weight is 519 g/mol. The normalized spacial score (nSPS) is 20.3. The zero-order chi connectivity index (χ0) is 25.9. The summed E-state index contributed by atoms with van der Waals surface area (Å²) >= 11 is 0. The molecule has 1 aliphatic heterocycles. The Balaban J connectivity index is 1.51. The number of aryl methyl sites for hydroxylation is 1. The van der Waals surface area contributed by atoms with Crippen molar-refractivity contribution in [1.29, 1.82) is 0 Å². The number of hydrogen-bond acceptors (Lipinski definition) is 6. The van der Waals surface area contributed by atoms with E-state index in [1.165, 1.54) is 12.1 Å². The number of rotatable bonds is 7. The quantitative estimate of drug-likeness (QED) is 0.392. The van der Waals surface area contributed by atoms with Crippen LogP contribution in [0.25, 0.3) is 10.9 Å². The Hall–Kier alpha value is -2.51. The Morgan fingerprint density at radius 1 is 1.19 bits per heavy atom. The maximum absolute atomic E-state index is 15.5. The number of hydrogen-bond donors (Lipinski definition) is 2. The molecule has 192 valence electrons. The molecule has 2 N–H and O–H groups in total. The van der Waals surface area contributed by atoms with Crippen molar-refractivity contribution in [3.8, 4) is 0 Å². The van der Waals surface area contributed by atoms with Gasteiger partial charge < -0.3 is 15.0 Å². The summed E-state index contributed by atoms with van der Waals surface area (Å²) in [5.41, 5.74) is -2.04. The molecule has 1 aromatic carbocycles. The number of alkyl halides is 2. The zero-order valence-corrected chi connectivity index (χ0v) is 21.5. The number of nitrogens with one attached hydrogen (secondary N) is 1. The number of aliphatic hydroxyl groups is 1. The molecule has 10 heteroatoms. The fourth-order valence-corrected chi connectivity index (χ4v) is 7.91. The Bertz CT molecular complexity index is 1370. The van der Waals surface area contributed by atoms with Gasteiger partial charge in [0.2, 0.25) is 0 Å². The van der Waals surface area contributed by atoms with Crippen molar-refractivity contribution in [1.82, 2.24) is 15.0 Å². The highest BCUT2D eigenvalue weighted by atomic mass is 31.2. The van der Waals surface area contributed by atoms with Gasteiger partial charge in [0.15, 0.2) is 0 Å². The van der Waals surface area contributed by atoms with Crippen LogP contribution < -0.4 is 10.8 Å². The standard InChI is InChI=1S/C26H30F3N4O2P/c1-15(18-7-6-8-20(23(18)27)26(28,29)25(3,34)17-9-10-17)31-24-19-13-22(36(35)11-4-5-12-36)30-14-21(19)32-16(2)33-24/h6-8,13-15,17,34H,4-5,9-12H2,1-3H3,(H,31,32,33)/t15-,25+/m1/s1. The van der Waals surface area contributed by atoms with E-state index in [1.807, 2.05) is 0 Å². The van der Waals surface area contributed by atoms with Crippen molar-refractivity contribution >= 4 is 29.3 Å². The van der Waals surface area contributed by atoms with E-state index in [-0.39, 0.29) is 5.56 Å². The molecule has 0 radical (unpaired) electrons. The second kappa shape index (κ2) is 8.80. The predicted molar refractivity (Wildman–Crippen MR) is 134 cm³/mol. The van der Waals surface area contributed by atoms with Gasteiger partial charge in [-0.2, -0.15) is 8.78 Å². The molecule has 3 aromatic rings. The zero-order valence-electron chi connectivity index (χ0n) is 20.6. The van der Waals surface area contributed by atoms with Crippen LogP contribution in [0.1, 0.15) is 62.5 Å². The van der Waals surface area contributed by atoms with Crippen LogP contribution in [0.5, 0.6) is 0 Å². The summed E-state index contributed by atoms with van der Waals surface area (Å²) in [6, 6.07) is 4.86. The highest BCUT2D eigenvalue weighted by molar-refractivity contribution is 7.71. The topological polar surface area (TPSA) is 88.0 Å². The maximum atomic E-state index is 15.5. The number of halogens is 3. The predicted octanol–water partition coefficient (Wildman–Crippen LogP) is 5.68. The first kappa shape index (κ1) is 25.2. The van der Waals surface area contributed by atoms with E-state index in [1.54, 1.807) is 26.1 Å². The molecule has 0 bridgehead atoms. The van der Waals surface area contributed by atoms with Gasteiger partial charge in [-0.05, 0) is 64.5 Å². The van der Waals surface area contributed by atoms with Crippen molar-refractivity contribution in [2.24, 2.45) is 5.92 Å². The van der Waals surface area contributed by atoms with Gasteiger partial charge in [0.1, 0.15) is 35.6 Å². The summed E-state index contributed by atoms with van der Waals surface area (Å²) in [6.45, 7) is 4.45. The van der Waals surface area contributed by atoms with Crippen molar-refractivity contribution in [2.75, 3.05) is 17.6 Å². The van der Waals surface area contributed by atoms with Gasteiger partial charge in [0.05, 0.1) is 23.3 Å². The van der Waals surface area contributed by atoms with E-state index < -0.39 is 42.0 Å². The van der Waals surface area contributed by atoms with Crippen LogP contribution in [0.15, 0.2) is 30.5 Å². The molecular formula is C26H30F3N4O2P. The summed E-state index contributed by atoms with van der Waals surface area (Å²) in [4.78, 5) is 13.3. The number of anilines is 1. The summed E-state index contributed by atoms with van der Waals surface area (Å²) < 4.78 is 59.4. The van der Waals surface area contributed by atoms with Gasteiger partial charge in [-0.3, -0.25) is 4.98 Å². The lowest BCUT2D eigenvalue weighted by molar-refractivity contribution is -0.191. The SMILES string of the molecule is Cc1nc(N[C@H](C)c2cccc(C(F)(F)[C@@](C)(O)C3CC3)c2F)c2cc(P3(=O)CCCC3)ncc2n1. The molecule has 2 aliphatic rings. The largest absolute Gasteiger partial charge is 0.383 e. The second-order valence-electron chi connectivity index (χ2n) is 10.3. The highest BCUT2D eigenvalue weighted by Crippen LogP contribution is 2.53. The van der Waals surface area contributed by atoms with Gasteiger partial charge in [0, 0.05) is 23.3 Å². The third kappa shape index (κ3) is 4.20. The first-order chi connectivity index (χ1) is 16.9. The number of benzene rings is 1. The van der Waals surface area contributed by atoms with E-state index in [0.717, 1.165) is 25.8 Å². The molecule has 0 amide bonds. The van der Waals surface area contributed by atoms with Crippen molar-refractivity contribution in [2.45, 2.75) is 64.0 Å². The van der Waals surface area contributed by atoms with E-state index in [9.17, 15) is 9.67 Å². The van der Waals surface area contributed by atoms with Crippen LogP contribution in [0.3, 0.4) is 0 Å². The first-order valence-corrected chi connectivity index (χ1v) is 14.4. The highest BCUT2D eigenvalue weighted by Gasteiger charge is 2.59. The molecule has 0 unspecified atom stereocenters. The monoisotopic (exact) mass is 518 g/mol. The van der Waals surface area contributed by atoms with Crippen LogP contribution >= 0.6 is 7.14 Å². The molecule has 1 saturated heterocycles. The van der Waals surface area contributed by atoms with E-state index in [2.05, 4.69) is 20.3 Å². The van der Waals surface area contributed by atoms with Crippen LogP contribution in [0.4, 0.5) is 19.0 Å². The smallest absolute Gasteiger partial charge is 0.304 e. The molecule has 2 aromatic heterocycles. The molecule has 6 nitrogen and oxygen atoms in total. The van der Waals surface area contributed by atoms with Gasteiger partial charge >= 0.3 is 5.92 Å². The van der Waals surface area contributed by atoms with Crippen LogP contribution in [0, 0.1) is 18.7 Å². The van der Waals surface area contributed by atoms with Gasteiger partial charge in [0.25, 0.3) is 0 Å². The number of nitrogens with zero attached hydrogens (tertiary/aromatic N) is 3. The number of fused-ring (bicyclic) bond motifs is 1. The number of aromatic nitrogens is 3. The minimum Gasteiger partial charge on any atom is -0.383 e. The lowest BCUT2D eigenvalue weighted by Crippen LogP contribution is -2.45. The third-order valence-electron chi connectivity index (χ3n) is 7.58. The molecule has 1 aliphatic carbocycles. The molecule has 3 heterocycles. The van der Waals surface area contributed by atoms with Gasteiger partial charge in [-0.1, -0.05) is 12.1 Å². The van der Waals surface area contributed by atoms with E-state index >= 15 is 13.2 Å². The van der Waals surface area contributed by atoms with Gasteiger partial charge in [-0.25, -0.2) is 14.4 Å². The van der Waals surface area contributed by atoms with E-state index in [4.69, 9.17) is 0 Å². The molecule has 36 heavy (non-hydrogen) atoms. The van der Waals surface area contributed by atoms with Crippen LogP contribution in [-0.2, 0) is 10.5 Å².